The van der Waals surface area contributed by atoms with Gasteiger partial charge in [-0.1, -0.05) is 12.1 Å². The molecule has 0 saturated carbocycles. The third-order valence-corrected chi connectivity index (χ3v) is 5.38. The van der Waals surface area contributed by atoms with E-state index in [1.165, 1.54) is 10.7 Å². The summed E-state index contributed by atoms with van der Waals surface area (Å²) in [6.45, 7) is 9.54. The minimum atomic E-state index is -0.401. The largest absolute Gasteiger partial charge is 0.334 e. The zero-order chi connectivity index (χ0) is 22.1. The fourth-order valence-corrected chi connectivity index (χ4v) is 3.68. The number of amides is 1. The standard InChI is InChI=1S/C23H25FN6O/c1-5-28(13-17-14-29(6-2)27-16(17)4)23(31)18-11-15(3)26-22-19(18)12-25-30(22)21-10-8-7-9-20(21)24/h7-12,14H,5-6,13H2,1-4H3. The van der Waals surface area contributed by atoms with Crippen LogP contribution in [-0.4, -0.2) is 41.9 Å². The molecule has 0 unspecified atom stereocenters. The number of rotatable bonds is 6. The molecule has 0 N–H and O–H groups in total. The van der Waals surface area contributed by atoms with Crippen LogP contribution >= 0.6 is 0 Å². The molecule has 0 atom stereocenters. The van der Waals surface area contributed by atoms with Gasteiger partial charge in [-0.15, -0.1) is 0 Å². The number of carbonyl (C=O) groups is 1. The lowest BCUT2D eigenvalue weighted by molar-refractivity contribution is 0.0754. The molecule has 3 aromatic heterocycles. The summed E-state index contributed by atoms with van der Waals surface area (Å²) in [5, 5.41) is 9.41. The number of para-hydroxylation sites is 1. The van der Waals surface area contributed by atoms with Crippen molar-refractivity contribution in [2.24, 2.45) is 0 Å². The quantitative estimate of drug-likeness (QED) is 0.472. The van der Waals surface area contributed by atoms with Gasteiger partial charge < -0.3 is 4.90 Å². The van der Waals surface area contributed by atoms with E-state index in [4.69, 9.17) is 0 Å². The fraction of sp³-hybridized carbons (Fsp3) is 0.304. The molecule has 0 bridgehead atoms. The molecule has 0 spiro atoms. The molecule has 8 heteroatoms. The Balaban J connectivity index is 1.75. The molecular weight excluding hydrogens is 395 g/mol. The number of fused-ring (bicyclic) bond motifs is 1. The van der Waals surface area contributed by atoms with Gasteiger partial charge in [-0.2, -0.15) is 10.2 Å². The molecule has 0 fully saturated rings. The molecule has 3 heterocycles. The zero-order valence-corrected chi connectivity index (χ0v) is 18.1. The van der Waals surface area contributed by atoms with E-state index < -0.39 is 5.82 Å². The molecule has 4 rings (SSSR count). The van der Waals surface area contributed by atoms with E-state index >= 15 is 0 Å². The average Bonchev–Trinajstić information content (AvgIpc) is 3.34. The van der Waals surface area contributed by atoms with Gasteiger partial charge in [-0.25, -0.2) is 14.1 Å². The molecule has 31 heavy (non-hydrogen) atoms. The van der Waals surface area contributed by atoms with Crippen molar-refractivity contribution in [3.63, 3.8) is 0 Å². The second-order valence-corrected chi connectivity index (χ2v) is 7.47. The lowest BCUT2D eigenvalue weighted by Crippen LogP contribution is -2.30. The van der Waals surface area contributed by atoms with Crippen LogP contribution in [0.1, 0.15) is 41.2 Å². The van der Waals surface area contributed by atoms with Crippen LogP contribution in [-0.2, 0) is 13.1 Å². The number of aryl methyl sites for hydroxylation is 3. The molecule has 0 aliphatic rings. The van der Waals surface area contributed by atoms with Crippen molar-refractivity contribution in [1.29, 1.82) is 0 Å². The third kappa shape index (κ3) is 3.81. The predicted octanol–water partition coefficient (Wildman–Crippen LogP) is 4.06. The SMILES string of the molecule is CCN(Cc1cn(CC)nc1C)C(=O)c1cc(C)nc2c1cnn2-c1ccccc1F. The van der Waals surface area contributed by atoms with Gasteiger partial charge in [0.2, 0.25) is 0 Å². The molecule has 0 radical (unpaired) electrons. The summed E-state index contributed by atoms with van der Waals surface area (Å²) in [5.74, 6) is -0.517. The predicted molar refractivity (Wildman–Crippen MR) is 117 cm³/mol. The first-order chi connectivity index (χ1) is 14.9. The van der Waals surface area contributed by atoms with E-state index in [2.05, 4.69) is 15.2 Å². The van der Waals surface area contributed by atoms with E-state index in [1.54, 1.807) is 35.4 Å². The maximum atomic E-state index is 14.4. The highest BCUT2D eigenvalue weighted by molar-refractivity contribution is 6.05. The molecule has 0 aliphatic carbocycles. The molecule has 4 aromatic rings. The molecule has 0 saturated heterocycles. The van der Waals surface area contributed by atoms with Crippen LogP contribution in [0.15, 0.2) is 42.7 Å². The van der Waals surface area contributed by atoms with Gasteiger partial charge in [0.15, 0.2) is 5.65 Å². The molecule has 1 amide bonds. The van der Waals surface area contributed by atoms with E-state index in [-0.39, 0.29) is 5.91 Å². The number of benzene rings is 1. The number of hydrogen-bond donors (Lipinski definition) is 0. The first-order valence-electron chi connectivity index (χ1n) is 10.3. The summed E-state index contributed by atoms with van der Waals surface area (Å²) in [4.78, 5) is 19.8. The Kier molecular flexibility index (Phi) is 5.54. The third-order valence-electron chi connectivity index (χ3n) is 5.38. The minimum Gasteiger partial charge on any atom is -0.334 e. The van der Waals surface area contributed by atoms with Crippen LogP contribution in [0, 0.1) is 19.7 Å². The van der Waals surface area contributed by atoms with Crippen LogP contribution in [0.4, 0.5) is 4.39 Å². The number of aromatic nitrogens is 5. The second-order valence-electron chi connectivity index (χ2n) is 7.47. The van der Waals surface area contributed by atoms with Crippen LogP contribution in [0.5, 0.6) is 0 Å². The molecule has 1 aromatic carbocycles. The number of hydrogen-bond acceptors (Lipinski definition) is 4. The van der Waals surface area contributed by atoms with Crippen molar-refractivity contribution >= 4 is 16.9 Å². The van der Waals surface area contributed by atoms with Gasteiger partial charge in [0, 0.05) is 37.1 Å². The van der Waals surface area contributed by atoms with Crippen LogP contribution in [0.3, 0.4) is 0 Å². The van der Waals surface area contributed by atoms with E-state index in [9.17, 15) is 9.18 Å². The maximum Gasteiger partial charge on any atom is 0.255 e. The Morgan fingerprint density at radius 2 is 1.97 bits per heavy atom. The van der Waals surface area contributed by atoms with Crippen LogP contribution in [0.25, 0.3) is 16.7 Å². The van der Waals surface area contributed by atoms with Gasteiger partial charge in [0.05, 0.1) is 22.8 Å². The van der Waals surface area contributed by atoms with E-state index in [0.29, 0.717) is 41.1 Å². The Hall–Kier alpha value is -3.55. The van der Waals surface area contributed by atoms with Gasteiger partial charge in [-0.05, 0) is 45.9 Å². The van der Waals surface area contributed by atoms with Gasteiger partial charge in [-0.3, -0.25) is 9.48 Å². The van der Waals surface area contributed by atoms with Gasteiger partial charge in [0.1, 0.15) is 11.5 Å². The maximum absolute atomic E-state index is 14.4. The Bertz CT molecular complexity index is 1260. The molecule has 0 aliphatic heterocycles. The summed E-state index contributed by atoms with van der Waals surface area (Å²) in [6, 6.07) is 8.15. The summed E-state index contributed by atoms with van der Waals surface area (Å²) in [5.41, 5.74) is 3.86. The summed E-state index contributed by atoms with van der Waals surface area (Å²) in [7, 11) is 0. The van der Waals surface area contributed by atoms with Gasteiger partial charge in [0.25, 0.3) is 5.91 Å². The van der Waals surface area contributed by atoms with Crippen molar-refractivity contribution in [3.8, 4) is 5.69 Å². The van der Waals surface area contributed by atoms with Crippen molar-refractivity contribution in [3.05, 3.63) is 71.1 Å². The minimum absolute atomic E-state index is 0.116. The normalized spacial score (nSPS) is 11.3. The zero-order valence-electron chi connectivity index (χ0n) is 18.1. The fourth-order valence-electron chi connectivity index (χ4n) is 3.68. The molecular formula is C23H25FN6O. The highest BCUT2D eigenvalue weighted by Gasteiger charge is 2.22. The first kappa shape index (κ1) is 20.7. The number of halogens is 1. The van der Waals surface area contributed by atoms with E-state index in [0.717, 1.165) is 17.8 Å². The Morgan fingerprint density at radius 3 is 2.65 bits per heavy atom. The highest BCUT2D eigenvalue weighted by atomic mass is 19.1. The molecule has 160 valence electrons. The highest BCUT2D eigenvalue weighted by Crippen LogP contribution is 2.24. The first-order valence-corrected chi connectivity index (χ1v) is 10.3. The lowest BCUT2D eigenvalue weighted by atomic mass is 10.1. The Labute approximate surface area is 180 Å². The summed E-state index contributed by atoms with van der Waals surface area (Å²) < 4.78 is 17.7. The number of carbonyl (C=O) groups excluding carboxylic acids is 1. The molecule has 7 nitrogen and oxygen atoms in total. The second kappa shape index (κ2) is 8.29. The number of nitrogens with zero attached hydrogens (tertiary/aromatic N) is 6. The Morgan fingerprint density at radius 1 is 1.19 bits per heavy atom. The monoisotopic (exact) mass is 420 g/mol. The van der Waals surface area contributed by atoms with Crippen molar-refractivity contribution in [1.82, 2.24) is 29.4 Å². The van der Waals surface area contributed by atoms with Crippen LogP contribution in [0.2, 0.25) is 0 Å². The van der Waals surface area contributed by atoms with E-state index in [1.807, 2.05) is 38.6 Å². The summed E-state index contributed by atoms with van der Waals surface area (Å²) in [6.07, 6.45) is 3.56. The topological polar surface area (TPSA) is 68.8 Å². The van der Waals surface area contributed by atoms with Gasteiger partial charge >= 0.3 is 0 Å². The smallest absolute Gasteiger partial charge is 0.255 e. The van der Waals surface area contributed by atoms with Crippen molar-refractivity contribution in [2.75, 3.05) is 6.54 Å². The van der Waals surface area contributed by atoms with Crippen molar-refractivity contribution in [2.45, 2.75) is 40.8 Å². The lowest BCUT2D eigenvalue weighted by Gasteiger charge is -2.21. The number of pyridine rings is 1. The van der Waals surface area contributed by atoms with Crippen LogP contribution < -0.4 is 0 Å². The van der Waals surface area contributed by atoms with Crippen molar-refractivity contribution < 1.29 is 9.18 Å². The summed E-state index contributed by atoms with van der Waals surface area (Å²) >= 11 is 0. The average molecular weight is 420 g/mol.